The lowest BCUT2D eigenvalue weighted by Gasteiger charge is -2.12. The van der Waals surface area contributed by atoms with E-state index < -0.39 is 5.91 Å². The summed E-state index contributed by atoms with van der Waals surface area (Å²) < 4.78 is 7.15. The molecule has 3 N–H and O–H groups in total. The highest BCUT2D eigenvalue weighted by Gasteiger charge is 2.21. The van der Waals surface area contributed by atoms with Crippen LogP contribution in [0.4, 0.5) is 5.69 Å². The molecule has 0 saturated heterocycles. The average molecular weight is 329 g/mol. The topological polar surface area (TPSA) is 86.4 Å². The summed E-state index contributed by atoms with van der Waals surface area (Å²) in [5, 5.41) is 2.84. The lowest BCUT2D eigenvalue weighted by molar-refractivity contribution is 0.0993. The number of para-hydroxylation sites is 1. The standard InChI is InChI=1S/C18H23N3O3/c1-4-8-12-11-21(3)16(17(19)22)15(12)20-18(23)13-9-6-7-10-14(13)24-5-2/h6-7,9-11H,4-5,8H2,1-3H3,(H2,19,22)(H,20,23). The van der Waals surface area contributed by atoms with Crippen LogP contribution in [-0.4, -0.2) is 23.0 Å². The van der Waals surface area contributed by atoms with E-state index in [1.165, 1.54) is 0 Å². The second-order valence-corrected chi connectivity index (χ2v) is 5.49. The zero-order valence-electron chi connectivity index (χ0n) is 14.3. The largest absolute Gasteiger partial charge is 0.493 e. The summed E-state index contributed by atoms with van der Waals surface area (Å²) >= 11 is 0. The van der Waals surface area contributed by atoms with Crippen molar-refractivity contribution in [2.45, 2.75) is 26.7 Å². The SMILES string of the molecule is CCCc1cn(C)c(C(N)=O)c1NC(=O)c1ccccc1OCC. The van der Waals surface area contributed by atoms with Crippen LogP contribution in [0, 0.1) is 0 Å². The average Bonchev–Trinajstić information content (AvgIpc) is 2.84. The molecule has 128 valence electrons. The summed E-state index contributed by atoms with van der Waals surface area (Å²) in [4.78, 5) is 24.5. The first-order valence-electron chi connectivity index (χ1n) is 8.00. The Morgan fingerprint density at radius 3 is 2.58 bits per heavy atom. The third-order valence-electron chi connectivity index (χ3n) is 3.68. The molecular formula is C18H23N3O3. The fraction of sp³-hybridized carbons (Fsp3) is 0.333. The maximum absolute atomic E-state index is 12.7. The molecule has 0 fully saturated rings. The Balaban J connectivity index is 2.40. The van der Waals surface area contributed by atoms with Crippen molar-refractivity contribution in [3.8, 4) is 5.75 Å². The zero-order chi connectivity index (χ0) is 17.7. The van der Waals surface area contributed by atoms with E-state index in [0.29, 0.717) is 29.3 Å². The second-order valence-electron chi connectivity index (χ2n) is 5.49. The van der Waals surface area contributed by atoms with Gasteiger partial charge in [-0.1, -0.05) is 25.5 Å². The minimum absolute atomic E-state index is 0.292. The molecule has 0 aliphatic carbocycles. The van der Waals surface area contributed by atoms with Crippen LogP contribution in [0.3, 0.4) is 0 Å². The molecule has 1 aromatic heterocycles. The van der Waals surface area contributed by atoms with Gasteiger partial charge < -0.3 is 20.4 Å². The molecular weight excluding hydrogens is 306 g/mol. The Morgan fingerprint density at radius 1 is 1.25 bits per heavy atom. The second kappa shape index (κ2) is 7.68. The lowest BCUT2D eigenvalue weighted by Crippen LogP contribution is -2.20. The van der Waals surface area contributed by atoms with Gasteiger partial charge in [0.2, 0.25) is 0 Å². The normalized spacial score (nSPS) is 10.5. The molecule has 2 aromatic rings. The van der Waals surface area contributed by atoms with E-state index in [2.05, 4.69) is 5.32 Å². The van der Waals surface area contributed by atoms with Crippen LogP contribution in [-0.2, 0) is 13.5 Å². The van der Waals surface area contributed by atoms with Gasteiger partial charge >= 0.3 is 0 Å². The van der Waals surface area contributed by atoms with Gasteiger partial charge in [-0.3, -0.25) is 9.59 Å². The molecule has 0 spiro atoms. The number of rotatable bonds is 7. The predicted octanol–water partition coefficient (Wildman–Crippen LogP) is 2.73. The number of carbonyl (C=O) groups excluding carboxylic acids is 2. The van der Waals surface area contributed by atoms with Crippen molar-refractivity contribution in [2.75, 3.05) is 11.9 Å². The van der Waals surface area contributed by atoms with Gasteiger partial charge in [0.25, 0.3) is 11.8 Å². The van der Waals surface area contributed by atoms with Crippen LogP contribution in [0.1, 0.15) is 46.7 Å². The molecule has 6 nitrogen and oxygen atoms in total. The quantitative estimate of drug-likeness (QED) is 0.819. The molecule has 2 amide bonds. The van der Waals surface area contributed by atoms with Crippen LogP contribution in [0.25, 0.3) is 0 Å². The molecule has 24 heavy (non-hydrogen) atoms. The van der Waals surface area contributed by atoms with Crippen molar-refractivity contribution in [1.82, 2.24) is 4.57 Å². The number of nitrogens with zero attached hydrogens (tertiary/aromatic N) is 1. The molecule has 1 aromatic carbocycles. The van der Waals surface area contributed by atoms with Crippen molar-refractivity contribution in [1.29, 1.82) is 0 Å². The fourth-order valence-corrected chi connectivity index (χ4v) is 2.70. The first-order valence-corrected chi connectivity index (χ1v) is 8.00. The lowest BCUT2D eigenvalue weighted by atomic mass is 10.1. The number of benzene rings is 1. The van der Waals surface area contributed by atoms with Gasteiger partial charge in [-0.05, 0) is 31.0 Å². The maximum Gasteiger partial charge on any atom is 0.267 e. The van der Waals surface area contributed by atoms with E-state index in [9.17, 15) is 9.59 Å². The van der Waals surface area contributed by atoms with Crippen molar-refractivity contribution in [3.05, 3.63) is 47.3 Å². The van der Waals surface area contributed by atoms with Crippen molar-refractivity contribution >= 4 is 17.5 Å². The Kier molecular flexibility index (Phi) is 5.63. The fourth-order valence-electron chi connectivity index (χ4n) is 2.70. The number of hydrogen-bond acceptors (Lipinski definition) is 3. The Hall–Kier alpha value is -2.76. The van der Waals surface area contributed by atoms with Gasteiger partial charge in [-0.15, -0.1) is 0 Å². The van der Waals surface area contributed by atoms with E-state index in [1.807, 2.05) is 26.1 Å². The Morgan fingerprint density at radius 2 is 1.96 bits per heavy atom. The molecule has 0 aliphatic rings. The number of ether oxygens (including phenoxy) is 1. The van der Waals surface area contributed by atoms with Crippen LogP contribution < -0.4 is 15.8 Å². The summed E-state index contributed by atoms with van der Waals surface area (Å²) in [6, 6.07) is 7.00. The van der Waals surface area contributed by atoms with Gasteiger partial charge in [0.15, 0.2) is 0 Å². The third kappa shape index (κ3) is 3.59. The monoisotopic (exact) mass is 329 g/mol. The summed E-state index contributed by atoms with van der Waals surface area (Å²) in [5.41, 5.74) is 7.55. The molecule has 2 rings (SSSR count). The highest BCUT2D eigenvalue weighted by molar-refractivity contribution is 6.10. The van der Waals surface area contributed by atoms with E-state index in [0.717, 1.165) is 18.4 Å². The van der Waals surface area contributed by atoms with Crippen LogP contribution in [0.5, 0.6) is 5.75 Å². The van der Waals surface area contributed by atoms with Gasteiger partial charge in [-0.25, -0.2) is 0 Å². The van der Waals surface area contributed by atoms with E-state index in [1.54, 1.807) is 29.8 Å². The molecule has 6 heteroatoms. The zero-order valence-corrected chi connectivity index (χ0v) is 14.3. The summed E-state index contributed by atoms with van der Waals surface area (Å²) in [7, 11) is 1.74. The molecule has 0 saturated carbocycles. The summed E-state index contributed by atoms with van der Waals surface area (Å²) in [6.45, 7) is 4.35. The molecule has 0 radical (unpaired) electrons. The number of amides is 2. The van der Waals surface area contributed by atoms with Crippen LogP contribution in [0.2, 0.25) is 0 Å². The minimum atomic E-state index is -0.576. The Bertz CT molecular complexity index is 750. The minimum Gasteiger partial charge on any atom is -0.493 e. The molecule has 0 atom stereocenters. The van der Waals surface area contributed by atoms with E-state index >= 15 is 0 Å². The van der Waals surface area contributed by atoms with Gasteiger partial charge in [0.1, 0.15) is 11.4 Å². The van der Waals surface area contributed by atoms with Gasteiger partial charge in [0, 0.05) is 13.2 Å². The molecule has 0 bridgehead atoms. The van der Waals surface area contributed by atoms with Crippen molar-refractivity contribution < 1.29 is 14.3 Å². The number of nitrogens with two attached hydrogens (primary N) is 1. The molecule has 0 aliphatic heterocycles. The number of hydrogen-bond donors (Lipinski definition) is 2. The van der Waals surface area contributed by atoms with Gasteiger partial charge in [0.05, 0.1) is 17.9 Å². The maximum atomic E-state index is 12.7. The highest BCUT2D eigenvalue weighted by atomic mass is 16.5. The number of aryl methyl sites for hydroxylation is 2. The number of anilines is 1. The predicted molar refractivity (Wildman–Crippen MR) is 93.5 cm³/mol. The number of carbonyl (C=O) groups is 2. The first kappa shape index (κ1) is 17.6. The summed E-state index contributed by atoms with van der Waals surface area (Å²) in [6.07, 6.45) is 3.46. The van der Waals surface area contributed by atoms with Crippen molar-refractivity contribution in [3.63, 3.8) is 0 Å². The number of nitrogens with one attached hydrogen (secondary N) is 1. The van der Waals surface area contributed by atoms with E-state index in [4.69, 9.17) is 10.5 Å². The third-order valence-corrected chi connectivity index (χ3v) is 3.68. The first-order chi connectivity index (χ1) is 11.5. The van der Waals surface area contributed by atoms with Gasteiger partial charge in [-0.2, -0.15) is 0 Å². The van der Waals surface area contributed by atoms with Crippen molar-refractivity contribution in [2.24, 2.45) is 12.8 Å². The van der Waals surface area contributed by atoms with Crippen LogP contribution in [0.15, 0.2) is 30.5 Å². The highest BCUT2D eigenvalue weighted by Crippen LogP contribution is 2.26. The Labute approximate surface area is 141 Å². The summed E-state index contributed by atoms with van der Waals surface area (Å²) in [5.74, 6) is -0.399. The smallest absolute Gasteiger partial charge is 0.267 e. The van der Waals surface area contributed by atoms with E-state index in [-0.39, 0.29) is 5.91 Å². The number of primary amides is 1. The van der Waals surface area contributed by atoms with Crippen LogP contribution >= 0.6 is 0 Å². The molecule has 1 heterocycles. The number of aromatic nitrogens is 1. The molecule has 0 unspecified atom stereocenters.